The van der Waals surface area contributed by atoms with Crippen LogP contribution >= 0.6 is 0 Å². The molecule has 0 saturated carbocycles. The quantitative estimate of drug-likeness (QED) is 0.729. The molecule has 1 atom stereocenters. The first-order valence-corrected chi connectivity index (χ1v) is 6.90. The highest BCUT2D eigenvalue weighted by atomic mass is 19.4. The van der Waals surface area contributed by atoms with E-state index in [1.165, 1.54) is 36.4 Å². The molecule has 4 nitrogen and oxygen atoms in total. The largest absolute Gasteiger partial charge is 0.418 e. The van der Waals surface area contributed by atoms with Crippen LogP contribution < -0.4 is 10.6 Å². The van der Waals surface area contributed by atoms with Crippen molar-refractivity contribution in [2.24, 2.45) is 0 Å². The molecule has 0 bridgehead atoms. The molecule has 0 radical (unpaired) electrons. The summed E-state index contributed by atoms with van der Waals surface area (Å²) in [4.78, 5) is 11.8. The maximum absolute atomic E-state index is 13.0. The second-order valence-corrected chi connectivity index (χ2v) is 4.94. The Labute approximate surface area is 135 Å². The summed E-state index contributed by atoms with van der Waals surface area (Å²) in [7, 11) is 0. The van der Waals surface area contributed by atoms with E-state index < -0.39 is 24.0 Å². The monoisotopic (exact) mass is 342 g/mol. The molecule has 24 heavy (non-hydrogen) atoms. The van der Waals surface area contributed by atoms with Crippen molar-refractivity contribution < 1.29 is 27.5 Å². The third kappa shape index (κ3) is 4.69. The highest BCUT2D eigenvalue weighted by Gasteiger charge is 2.40. The molecule has 0 aliphatic rings. The van der Waals surface area contributed by atoms with Gasteiger partial charge in [0.25, 0.3) is 0 Å². The lowest BCUT2D eigenvalue weighted by molar-refractivity contribution is -0.206. The van der Waals surface area contributed by atoms with Crippen molar-refractivity contribution in [3.63, 3.8) is 0 Å². The van der Waals surface area contributed by atoms with Crippen molar-refractivity contribution in [2.45, 2.75) is 12.3 Å². The number of alkyl halides is 3. The second kappa shape index (κ2) is 7.31. The minimum Gasteiger partial charge on any atom is -0.379 e. The molecule has 1 unspecified atom stereocenters. The van der Waals surface area contributed by atoms with Gasteiger partial charge in [-0.15, -0.1) is 0 Å². The van der Waals surface area contributed by atoms with Gasteiger partial charge in [-0.3, -0.25) is 4.79 Å². The summed E-state index contributed by atoms with van der Waals surface area (Å²) in [5.41, 5.74) is -0.175. The van der Waals surface area contributed by atoms with E-state index in [1.807, 2.05) is 0 Å². The van der Waals surface area contributed by atoms with Crippen LogP contribution in [0.5, 0.6) is 0 Å². The maximum Gasteiger partial charge on any atom is 0.418 e. The van der Waals surface area contributed by atoms with Gasteiger partial charge in [-0.25, -0.2) is 4.39 Å². The maximum atomic E-state index is 13.0. The normalized spacial score (nSPS) is 12.5. The van der Waals surface area contributed by atoms with Crippen molar-refractivity contribution in [2.75, 3.05) is 17.2 Å². The smallest absolute Gasteiger partial charge is 0.379 e. The topological polar surface area (TPSA) is 61.4 Å². The summed E-state index contributed by atoms with van der Waals surface area (Å²) in [6.07, 6.45) is -7.48. The van der Waals surface area contributed by atoms with Gasteiger partial charge in [0.2, 0.25) is 5.91 Å². The molecule has 0 aliphatic carbocycles. The number of para-hydroxylation sites is 1. The summed E-state index contributed by atoms with van der Waals surface area (Å²) in [5.74, 6) is -1.10. The Bertz CT molecular complexity index is 719. The molecule has 128 valence electrons. The van der Waals surface area contributed by atoms with Crippen LogP contribution in [-0.4, -0.2) is 23.7 Å². The summed E-state index contributed by atoms with van der Waals surface area (Å²) in [6.45, 7) is -0.349. The lowest BCUT2D eigenvalue weighted by Gasteiger charge is -2.19. The molecule has 2 aromatic rings. The average molecular weight is 342 g/mol. The molecule has 3 N–H and O–H groups in total. The number of amides is 1. The van der Waals surface area contributed by atoms with Gasteiger partial charge in [-0.2, -0.15) is 13.2 Å². The molecule has 2 aromatic carbocycles. The molecule has 2 rings (SSSR count). The van der Waals surface area contributed by atoms with Crippen molar-refractivity contribution in [1.29, 1.82) is 0 Å². The molecule has 0 spiro atoms. The van der Waals surface area contributed by atoms with Crippen LogP contribution in [-0.2, 0) is 4.79 Å². The number of nitrogens with one attached hydrogen (secondary N) is 2. The number of rotatable bonds is 5. The number of aliphatic hydroxyl groups excluding tert-OH is 1. The predicted molar refractivity (Wildman–Crippen MR) is 81.0 cm³/mol. The molecule has 8 heteroatoms. The Hall–Kier alpha value is -2.61. The Morgan fingerprint density at radius 3 is 2.50 bits per heavy atom. The molecule has 1 amide bonds. The fourth-order valence-corrected chi connectivity index (χ4v) is 2.02. The molecule has 0 fully saturated rings. The summed E-state index contributed by atoms with van der Waals surface area (Å²) in [5, 5.41) is 14.3. The van der Waals surface area contributed by atoms with E-state index in [4.69, 9.17) is 0 Å². The SMILES string of the molecule is O=C(CNc1ccccc1C(O)C(F)(F)F)Nc1cccc(F)c1. The van der Waals surface area contributed by atoms with E-state index in [9.17, 15) is 27.5 Å². The van der Waals surface area contributed by atoms with Gasteiger partial charge in [-0.05, 0) is 24.3 Å². The number of hydrogen-bond acceptors (Lipinski definition) is 3. The van der Waals surface area contributed by atoms with E-state index in [0.717, 1.165) is 12.1 Å². The third-order valence-corrected chi connectivity index (χ3v) is 3.11. The second-order valence-electron chi connectivity index (χ2n) is 4.94. The molecule has 0 saturated heterocycles. The van der Waals surface area contributed by atoms with Crippen molar-refractivity contribution in [3.8, 4) is 0 Å². The van der Waals surface area contributed by atoms with Crippen LogP contribution in [0.25, 0.3) is 0 Å². The fourth-order valence-electron chi connectivity index (χ4n) is 2.02. The van der Waals surface area contributed by atoms with E-state index >= 15 is 0 Å². The number of benzene rings is 2. The Kier molecular flexibility index (Phi) is 5.40. The zero-order chi connectivity index (χ0) is 17.7. The first-order chi connectivity index (χ1) is 11.3. The zero-order valence-corrected chi connectivity index (χ0v) is 12.3. The predicted octanol–water partition coefficient (Wildman–Crippen LogP) is 3.47. The van der Waals surface area contributed by atoms with Gasteiger partial charge in [0.05, 0.1) is 6.54 Å². The molecule has 0 aliphatic heterocycles. The summed E-state index contributed by atoms with van der Waals surface area (Å²) >= 11 is 0. The average Bonchev–Trinajstić information content (AvgIpc) is 2.51. The third-order valence-electron chi connectivity index (χ3n) is 3.11. The summed E-state index contributed by atoms with van der Waals surface area (Å²) < 4.78 is 51.0. The lowest BCUT2D eigenvalue weighted by atomic mass is 10.1. The molecular formula is C16H14F4N2O2. The van der Waals surface area contributed by atoms with Crippen LogP contribution in [0, 0.1) is 5.82 Å². The van der Waals surface area contributed by atoms with Crippen LogP contribution in [0.1, 0.15) is 11.7 Å². The zero-order valence-electron chi connectivity index (χ0n) is 12.3. The fraction of sp³-hybridized carbons (Fsp3) is 0.188. The van der Waals surface area contributed by atoms with Gasteiger partial charge in [0.1, 0.15) is 5.82 Å². The Balaban J connectivity index is 2.03. The minimum absolute atomic E-state index is 0.0169. The van der Waals surface area contributed by atoms with Crippen LogP contribution in [0.2, 0.25) is 0 Å². The minimum atomic E-state index is -4.82. The number of anilines is 2. The highest BCUT2D eigenvalue weighted by molar-refractivity contribution is 5.93. The first-order valence-electron chi connectivity index (χ1n) is 6.90. The number of hydrogen-bond donors (Lipinski definition) is 3. The highest BCUT2D eigenvalue weighted by Crippen LogP contribution is 2.35. The van der Waals surface area contributed by atoms with Gasteiger partial charge in [0, 0.05) is 16.9 Å². The van der Waals surface area contributed by atoms with Gasteiger partial charge in [-0.1, -0.05) is 24.3 Å². The van der Waals surface area contributed by atoms with Gasteiger partial charge in [0.15, 0.2) is 6.10 Å². The van der Waals surface area contributed by atoms with Gasteiger partial charge < -0.3 is 15.7 Å². The number of halogens is 4. The van der Waals surface area contributed by atoms with E-state index in [1.54, 1.807) is 0 Å². The van der Waals surface area contributed by atoms with Crippen molar-refractivity contribution in [1.82, 2.24) is 0 Å². The summed E-state index contributed by atoms with van der Waals surface area (Å²) in [6, 6.07) is 10.5. The van der Waals surface area contributed by atoms with Crippen LogP contribution in [0.15, 0.2) is 48.5 Å². The number of carbonyl (C=O) groups is 1. The van der Waals surface area contributed by atoms with E-state index in [-0.39, 0.29) is 23.5 Å². The van der Waals surface area contributed by atoms with Crippen molar-refractivity contribution >= 4 is 17.3 Å². The lowest BCUT2D eigenvalue weighted by Crippen LogP contribution is -2.25. The van der Waals surface area contributed by atoms with Crippen LogP contribution in [0.3, 0.4) is 0 Å². The van der Waals surface area contributed by atoms with E-state index in [2.05, 4.69) is 10.6 Å². The van der Waals surface area contributed by atoms with Crippen LogP contribution in [0.4, 0.5) is 28.9 Å². The molecule has 0 heterocycles. The Morgan fingerprint density at radius 1 is 1.12 bits per heavy atom. The van der Waals surface area contributed by atoms with Gasteiger partial charge >= 0.3 is 6.18 Å². The molecular weight excluding hydrogens is 328 g/mol. The van der Waals surface area contributed by atoms with Crippen molar-refractivity contribution in [3.05, 3.63) is 59.9 Å². The standard InChI is InChI=1S/C16H14F4N2O2/c17-10-4-3-5-11(8-10)22-14(23)9-21-13-7-2-1-6-12(13)15(24)16(18,19)20/h1-8,15,21,24H,9H2,(H,22,23). The molecule has 0 aromatic heterocycles. The first kappa shape index (κ1) is 17.7. The number of carbonyl (C=O) groups excluding carboxylic acids is 1. The Morgan fingerprint density at radius 2 is 1.83 bits per heavy atom. The van der Waals surface area contributed by atoms with E-state index in [0.29, 0.717) is 0 Å². The number of aliphatic hydroxyl groups is 1.